The second-order valence-electron chi connectivity index (χ2n) is 7.40. The first-order valence-electron chi connectivity index (χ1n) is 8.54. The summed E-state index contributed by atoms with van der Waals surface area (Å²) in [5.41, 5.74) is -0.262. The number of rotatable bonds is 5. The number of thioether (sulfide) groups is 1. The smallest absolute Gasteiger partial charge is 0.226 e. The van der Waals surface area contributed by atoms with Crippen LogP contribution < -0.4 is 10.6 Å². The molecule has 0 aromatic rings. The highest BCUT2D eigenvalue weighted by Gasteiger charge is 2.39. The molecule has 0 bridgehead atoms. The van der Waals surface area contributed by atoms with Crippen molar-refractivity contribution in [3.05, 3.63) is 0 Å². The van der Waals surface area contributed by atoms with Crippen molar-refractivity contribution in [1.82, 2.24) is 10.6 Å². The zero-order valence-electron chi connectivity index (χ0n) is 14.0. The number of carbonyl (C=O) groups is 1. The van der Waals surface area contributed by atoms with Crippen LogP contribution in [0.4, 0.5) is 0 Å². The van der Waals surface area contributed by atoms with Crippen LogP contribution in [0.2, 0.25) is 0 Å². The monoisotopic (exact) mass is 312 g/mol. The van der Waals surface area contributed by atoms with Gasteiger partial charge in [-0.2, -0.15) is 11.8 Å². The minimum atomic E-state index is -0.262. The molecule has 1 amide bonds. The number of nitrogens with one attached hydrogen (secondary N) is 2. The highest BCUT2D eigenvalue weighted by atomic mass is 32.2. The minimum Gasteiger partial charge on any atom is -0.354 e. The van der Waals surface area contributed by atoms with Crippen molar-refractivity contribution < 1.29 is 4.79 Å². The van der Waals surface area contributed by atoms with E-state index < -0.39 is 0 Å². The highest BCUT2D eigenvalue weighted by Crippen LogP contribution is 2.38. The third kappa shape index (κ3) is 4.16. The van der Waals surface area contributed by atoms with Gasteiger partial charge in [-0.1, -0.05) is 33.1 Å². The van der Waals surface area contributed by atoms with Gasteiger partial charge < -0.3 is 10.6 Å². The standard InChI is InChI=1S/C17H32N2OS/c1-16(2,14-8-7-11-18-12-14)15(20)19-13-17(21-3)9-5-4-6-10-17/h14,18H,4-13H2,1-3H3,(H,19,20). The van der Waals surface area contributed by atoms with Crippen molar-refractivity contribution >= 4 is 17.7 Å². The quantitative estimate of drug-likeness (QED) is 0.819. The Bertz CT molecular complexity index is 345. The van der Waals surface area contributed by atoms with E-state index in [0.717, 1.165) is 19.6 Å². The fourth-order valence-corrected chi connectivity index (χ4v) is 4.68. The average molecular weight is 313 g/mol. The van der Waals surface area contributed by atoms with Crippen molar-refractivity contribution in [2.45, 2.75) is 63.5 Å². The summed E-state index contributed by atoms with van der Waals surface area (Å²) in [7, 11) is 0. The largest absolute Gasteiger partial charge is 0.354 e. The Balaban J connectivity index is 1.90. The molecule has 3 nitrogen and oxygen atoms in total. The van der Waals surface area contributed by atoms with Gasteiger partial charge in [0.25, 0.3) is 0 Å². The van der Waals surface area contributed by atoms with Gasteiger partial charge in [0, 0.05) is 16.7 Å². The van der Waals surface area contributed by atoms with Gasteiger partial charge in [-0.25, -0.2) is 0 Å². The second kappa shape index (κ2) is 7.36. The van der Waals surface area contributed by atoms with Gasteiger partial charge in [-0.05, 0) is 50.9 Å². The van der Waals surface area contributed by atoms with Crippen molar-refractivity contribution in [1.29, 1.82) is 0 Å². The van der Waals surface area contributed by atoms with Crippen LogP contribution in [0.1, 0.15) is 58.8 Å². The summed E-state index contributed by atoms with van der Waals surface area (Å²) in [5, 5.41) is 6.73. The Hall–Kier alpha value is -0.220. The van der Waals surface area contributed by atoms with Crippen LogP contribution in [0.15, 0.2) is 0 Å². The van der Waals surface area contributed by atoms with Crippen LogP contribution in [0.3, 0.4) is 0 Å². The molecule has 21 heavy (non-hydrogen) atoms. The molecule has 4 heteroatoms. The average Bonchev–Trinajstić information content (AvgIpc) is 2.54. The van der Waals surface area contributed by atoms with E-state index in [9.17, 15) is 4.79 Å². The molecule has 1 saturated heterocycles. The first-order chi connectivity index (χ1) is 10.0. The summed E-state index contributed by atoms with van der Waals surface area (Å²) in [5.74, 6) is 0.707. The van der Waals surface area contributed by atoms with E-state index in [0.29, 0.717) is 5.92 Å². The van der Waals surface area contributed by atoms with Crippen molar-refractivity contribution in [3.8, 4) is 0 Å². The summed E-state index contributed by atoms with van der Waals surface area (Å²) in [6, 6.07) is 0. The lowest BCUT2D eigenvalue weighted by atomic mass is 9.74. The van der Waals surface area contributed by atoms with Crippen LogP contribution in [-0.4, -0.2) is 36.5 Å². The molecule has 0 aromatic heterocycles. The number of piperidine rings is 1. The van der Waals surface area contributed by atoms with Gasteiger partial charge >= 0.3 is 0 Å². The topological polar surface area (TPSA) is 41.1 Å². The van der Waals surface area contributed by atoms with E-state index in [1.165, 1.54) is 44.9 Å². The molecule has 0 aromatic carbocycles. The maximum absolute atomic E-state index is 12.7. The Labute approximate surface area is 134 Å². The van der Waals surface area contributed by atoms with Crippen LogP contribution in [0.25, 0.3) is 0 Å². The molecular formula is C17H32N2OS. The molecule has 1 atom stereocenters. The molecule has 1 heterocycles. The number of hydrogen-bond donors (Lipinski definition) is 2. The van der Waals surface area contributed by atoms with Gasteiger partial charge in [0.2, 0.25) is 5.91 Å². The molecule has 2 aliphatic rings. The number of hydrogen-bond acceptors (Lipinski definition) is 3. The molecule has 1 aliphatic heterocycles. The first kappa shape index (κ1) is 17.1. The third-order valence-corrected chi connectivity index (χ3v) is 7.09. The van der Waals surface area contributed by atoms with E-state index in [2.05, 4.69) is 30.7 Å². The molecule has 2 rings (SSSR count). The number of amides is 1. The van der Waals surface area contributed by atoms with Crippen LogP contribution in [0, 0.1) is 11.3 Å². The van der Waals surface area contributed by atoms with Gasteiger partial charge in [-0.15, -0.1) is 0 Å². The molecule has 122 valence electrons. The van der Waals surface area contributed by atoms with Gasteiger partial charge in [-0.3, -0.25) is 4.79 Å². The predicted octanol–water partition coefficient (Wildman–Crippen LogP) is 3.19. The molecule has 0 spiro atoms. The van der Waals surface area contributed by atoms with E-state index >= 15 is 0 Å². The summed E-state index contributed by atoms with van der Waals surface area (Å²) >= 11 is 1.95. The Morgan fingerprint density at radius 1 is 1.29 bits per heavy atom. The summed E-state index contributed by atoms with van der Waals surface area (Å²) < 4.78 is 0.287. The van der Waals surface area contributed by atoms with Crippen molar-refractivity contribution in [2.24, 2.45) is 11.3 Å². The maximum atomic E-state index is 12.7. The Morgan fingerprint density at radius 2 is 2.00 bits per heavy atom. The van der Waals surface area contributed by atoms with E-state index in [4.69, 9.17) is 0 Å². The summed E-state index contributed by atoms with van der Waals surface area (Å²) in [4.78, 5) is 12.7. The zero-order valence-corrected chi connectivity index (χ0v) is 14.8. The van der Waals surface area contributed by atoms with Crippen LogP contribution in [0.5, 0.6) is 0 Å². The lowest BCUT2D eigenvalue weighted by molar-refractivity contribution is -0.132. The molecule has 2 fully saturated rings. The van der Waals surface area contributed by atoms with Crippen molar-refractivity contribution in [2.75, 3.05) is 25.9 Å². The fourth-order valence-electron chi connectivity index (χ4n) is 3.77. The van der Waals surface area contributed by atoms with E-state index in [1.54, 1.807) is 0 Å². The van der Waals surface area contributed by atoms with Crippen LogP contribution >= 0.6 is 11.8 Å². The highest BCUT2D eigenvalue weighted by molar-refractivity contribution is 8.00. The SMILES string of the molecule is CSC1(CNC(=O)C(C)(C)C2CCCNC2)CCCCC1. The number of carbonyl (C=O) groups excluding carboxylic acids is 1. The fraction of sp³-hybridized carbons (Fsp3) is 0.941. The van der Waals surface area contributed by atoms with Gasteiger partial charge in [0.15, 0.2) is 0 Å². The normalized spacial score (nSPS) is 26.3. The molecular weight excluding hydrogens is 280 g/mol. The third-order valence-electron chi connectivity index (χ3n) is 5.67. The van der Waals surface area contributed by atoms with Crippen molar-refractivity contribution in [3.63, 3.8) is 0 Å². The summed E-state index contributed by atoms with van der Waals surface area (Å²) in [6.07, 6.45) is 11.0. The summed E-state index contributed by atoms with van der Waals surface area (Å²) in [6.45, 7) is 7.16. The van der Waals surface area contributed by atoms with E-state index in [1.807, 2.05) is 11.8 Å². The lowest BCUT2D eigenvalue weighted by Gasteiger charge is -2.39. The van der Waals surface area contributed by atoms with Crippen LogP contribution in [-0.2, 0) is 4.79 Å². The zero-order chi connectivity index (χ0) is 15.3. The second-order valence-corrected chi connectivity index (χ2v) is 8.67. The maximum Gasteiger partial charge on any atom is 0.226 e. The van der Waals surface area contributed by atoms with Gasteiger partial charge in [0.05, 0.1) is 0 Å². The lowest BCUT2D eigenvalue weighted by Crippen LogP contribution is -2.50. The molecule has 1 saturated carbocycles. The molecule has 2 N–H and O–H groups in total. The Morgan fingerprint density at radius 3 is 2.57 bits per heavy atom. The van der Waals surface area contributed by atoms with E-state index in [-0.39, 0.29) is 16.1 Å². The minimum absolute atomic E-state index is 0.246. The molecule has 0 radical (unpaired) electrons. The van der Waals surface area contributed by atoms with Gasteiger partial charge in [0.1, 0.15) is 0 Å². The Kier molecular flexibility index (Phi) is 6.01. The molecule has 1 unspecified atom stereocenters. The molecule has 1 aliphatic carbocycles. The first-order valence-corrected chi connectivity index (χ1v) is 9.77. The predicted molar refractivity (Wildman–Crippen MR) is 91.7 cm³/mol.